The van der Waals surface area contributed by atoms with Gasteiger partial charge in [-0.1, -0.05) is 6.58 Å². The van der Waals surface area contributed by atoms with E-state index in [1.54, 1.807) is 31.7 Å². The first-order valence-corrected chi connectivity index (χ1v) is 7.42. The second-order valence-corrected chi connectivity index (χ2v) is 5.60. The summed E-state index contributed by atoms with van der Waals surface area (Å²) >= 11 is 0. The molecule has 3 heterocycles. The molecule has 2 aromatic heterocycles. The number of rotatable bonds is 3. The van der Waals surface area contributed by atoms with Crippen LogP contribution in [-0.4, -0.2) is 43.8 Å². The molecule has 0 radical (unpaired) electrons. The molecule has 0 aromatic carbocycles. The van der Waals surface area contributed by atoms with Crippen molar-refractivity contribution in [3.05, 3.63) is 42.6 Å². The third kappa shape index (κ3) is 2.77. The second-order valence-electron chi connectivity index (χ2n) is 5.60. The highest BCUT2D eigenvalue weighted by atomic mass is 16.2. The molecule has 0 bridgehead atoms. The third-order valence-corrected chi connectivity index (χ3v) is 3.91. The van der Waals surface area contributed by atoms with E-state index in [9.17, 15) is 4.79 Å². The molecule has 1 amide bonds. The van der Waals surface area contributed by atoms with Crippen LogP contribution in [0.25, 0.3) is 11.5 Å². The molecule has 1 N–H and O–H groups in total. The SMILES string of the molecule is C=C(C)C(=O)N1CCCC(c2nccnc2-c2ncc[nH]2)C1. The van der Waals surface area contributed by atoms with Gasteiger partial charge in [0.2, 0.25) is 5.91 Å². The van der Waals surface area contributed by atoms with Crippen LogP contribution in [0.2, 0.25) is 0 Å². The Morgan fingerprint density at radius 1 is 1.32 bits per heavy atom. The molecule has 6 heteroatoms. The lowest BCUT2D eigenvalue weighted by Gasteiger charge is -2.33. The van der Waals surface area contributed by atoms with Crippen molar-refractivity contribution in [2.45, 2.75) is 25.7 Å². The van der Waals surface area contributed by atoms with Crippen LogP contribution in [0.4, 0.5) is 0 Å². The fourth-order valence-electron chi connectivity index (χ4n) is 2.88. The van der Waals surface area contributed by atoms with E-state index in [4.69, 9.17) is 0 Å². The summed E-state index contributed by atoms with van der Waals surface area (Å²) in [4.78, 5) is 30.3. The van der Waals surface area contributed by atoms with Gasteiger partial charge in [0.25, 0.3) is 0 Å². The number of nitrogens with zero attached hydrogens (tertiary/aromatic N) is 4. The standard InChI is InChI=1S/C16H19N5O/c1-11(2)16(22)21-9-3-4-12(10-21)13-14(18-6-5-17-13)15-19-7-8-20-15/h5-8,12H,1,3-4,9-10H2,2H3,(H,19,20). The zero-order valence-corrected chi connectivity index (χ0v) is 12.6. The van der Waals surface area contributed by atoms with Crippen molar-refractivity contribution >= 4 is 5.91 Å². The summed E-state index contributed by atoms with van der Waals surface area (Å²) in [5.74, 6) is 0.908. The second kappa shape index (κ2) is 6.09. The van der Waals surface area contributed by atoms with Crippen molar-refractivity contribution in [3.8, 4) is 11.5 Å². The fourth-order valence-corrected chi connectivity index (χ4v) is 2.88. The van der Waals surface area contributed by atoms with Gasteiger partial charge < -0.3 is 9.88 Å². The molecule has 1 aliphatic heterocycles. The van der Waals surface area contributed by atoms with E-state index in [0.717, 1.165) is 30.8 Å². The van der Waals surface area contributed by atoms with Crippen LogP contribution in [0.1, 0.15) is 31.4 Å². The van der Waals surface area contributed by atoms with Gasteiger partial charge in [-0.15, -0.1) is 0 Å². The molecular weight excluding hydrogens is 278 g/mol. The van der Waals surface area contributed by atoms with Gasteiger partial charge in [-0.2, -0.15) is 0 Å². The number of carbonyl (C=O) groups excluding carboxylic acids is 1. The molecule has 0 aliphatic carbocycles. The van der Waals surface area contributed by atoms with E-state index >= 15 is 0 Å². The zero-order chi connectivity index (χ0) is 15.5. The summed E-state index contributed by atoms with van der Waals surface area (Å²) in [5.41, 5.74) is 2.24. The van der Waals surface area contributed by atoms with E-state index in [1.165, 1.54) is 0 Å². The van der Waals surface area contributed by atoms with Crippen molar-refractivity contribution in [2.75, 3.05) is 13.1 Å². The summed E-state index contributed by atoms with van der Waals surface area (Å²) in [6.45, 7) is 6.93. The molecule has 1 unspecified atom stereocenters. The van der Waals surface area contributed by atoms with Gasteiger partial charge in [0.05, 0.1) is 5.69 Å². The molecule has 22 heavy (non-hydrogen) atoms. The minimum Gasteiger partial charge on any atom is -0.343 e. The van der Waals surface area contributed by atoms with Gasteiger partial charge in [-0.05, 0) is 19.8 Å². The van der Waals surface area contributed by atoms with E-state index in [0.29, 0.717) is 17.9 Å². The number of likely N-dealkylation sites (tertiary alicyclic amines) is 1. The number of aromatic amines is 1. The van der Waals surface area contributed by atoms with Crippen LogP contribution in [0.5, 0.6) is 0 Å². The maximum atomic E-state index is 12.2. The highest BCUT2D eigenvalue weighted by Crippen LogP contribution is 2.30. The van der Waals surface area contributed by atoms with Crippen LogP contribution in [0.15, 0.2) is 36.9 Å². The quantitative estimate of drug-likeness (QED) is 0.881. The summed E-state index contributed by atoms with van der Waals surface area (Å²) in [6, 6.07) is 0. The average Bonchev–Trinajstić information content (AvgIpc) is 3.08. The Bertz CT molecular complexity index is 680. The van der Waals surface area contributed by atoms with Gasteiger partial charge in [0.15, 0.2) is 5.82 Å². The minimum atomic E-state index is 0.0214. The van der Waals surface area contributed by atoms with Crippen molar-refractivity contribution in [3.63, 3.8) is 0 Å². The van der Waals surface area contributed by atoms with Crippen LogP contribution < -0.4 is 0 Å². The lowest BCUT2D eigenvalue weighted by Crippen LogP contribution is -2.39. The zero-order valence-electron chi connectivity index (χ0n) is 12.6. The molecule has 1 atom stereocenters. The summed E-state index contributed by atoms with van der Waals surface area (Å²) in [7, 11) is 0. The molecule has 1 saturated heterocycles. The Labute approximate surface area is 129 Å². The normalized spacial score (nSPS) is 18.2. The summed E-state index contributed by atoms with van der Waals surface area (Å²) < 4.78 is 0. The topological polar surface area (TPSA) is 74.8 Å². The van der Waals surface area contributed by atoms with Crippen LogP contribution in [0, 0.1) is 0 Å². The molecule has 114 valence electrons. The van der Waals surface area contributed by atoms with Crippen LogP contribution >= 0.6 is 0 Å². The first kappa shape index (κ1) is 14.4. The smallest absolute Gasteiger partial charge is 0.248 e. The number of piperidine rings is 1. The Balaban J connectivity index is 1.88. The van der Waals surface area contributed by atoms with E-state index in [2.05, 4.69) is 26.5 Å². The number of hydrogen-bond donors (Lipinski definition) is 1. The van der Waals surface area contributed by atoms with Gasteiger partial charge in [-0.25, -0.2) is 9.97 Å². The lowest BCUT2D eigenvalue weighted by atomic mass is 9.92. The summed E-state index contributed by atoms with van der Waals surface area (Å²) in [6.07, 6.45) is 8.78. The van der Waals surface area contributed by atoms with Crippen molar-refractivity contribution in [1.29, 1.82) is 0 Å². The van der Waals surface area contributed by atoms with Gasteiger partial charge >= 0.3 is 0 Å². The molecule has 1 fully saturated rings. The van der Waals surface area contributed by atoms with Crippen LogP contribution in [-0.2, 0) is 4.79 Å². The fraction of sp³-hybridized carbons (Fsp3) is 0.375. The van der Waals surface area contributed by atoms with Crippen molar-refractivity contribution < 1.29 is 4.79 Å². The first-order chi connectivity index (χ1) is 10.7. The Morgan fingerprint density at radius 2 is 2.14 bits per heavy atom. The highest BCUT2D eigenvalue weighted by molar-refractivity contribution is 5.92. The Morgan fingerprint density at radius 3 is 2.86 bits per heavy atom. The van der Waals surface area contributed by atoms with Gasteiger partial charge in [0.1, 0.15) is 5.69 Å². The average molecular weight is 297 g/mol. The van der Waals surface area contributed by atoms with E-state index in [1.807, 2.05) is 4.90 Å². The number of carbonyl (C=O) groups is 1. The van der Waals surface area contributed by atoms with Crippen LogP contribution in [0.3, 0.4) is 0 Å². The number of hydrogen-bond acceptors (Lipinski definition) is 4. The molecular formula is C16H19N5O. The maximum Gasteiger partial charge on any atom is 0.248 e. The van der Waals surface area contributed by atoms with Crippen molar-refractivity contribution in [2.24, 2.45) is 0 Å². The highest BCUT2D eigenvalue weighted by Gasteiger charge is 2.28. The largest absolute Gasteiger partial charge is 0.343 e. The minimum absolute atomic E-state index is 0.0214. The maximum absolute atomic E-state index is 12.2. The number of imidazole rings is 1. The molecule has 6 nitrogen and oxygen atoms in total. The van der Waals surface area contributed by atoms with Crippen molar-refractivity contribution in [1.82, 2.24) is 24.8 Å². The number of H-pyrrole nitrogens is 1. The predicted octanol–water partition coefficient (Wildman–Crippen LogP) is 2.15. The van der Waals surface area contributed by atoms with E-state index in [-0.39, 0.29) is 11.8 Å². The Kier molecular flexibility index (Phi) is 4.00. The molecule has 0 spiro atoms. The summed E-state index contributed by atoms with van der Waals surface area (Å²) in [5, 5.41) is 0. The molecule has 1 aliphatic rings. The third-order valence-electron chi connectivity index (χ3n) is 3.91. The van der Waals surface area contributed by atoms with Gasteiger partial charge in [0, 0.05) is 49.4 Å². The van der Waals surface area contributed by atoms with Gasteiger partial charge in [-0.3, -0.25) is 9.78 Å². The first-order valence-electron chi connectivity index (χ1n) is 7.42. The Hall–Kier alpha value is -2.50. The molecule has 2 aromatic rings. The number of aromatic nitrogens is 4. The lowest BCUT2D eigenvalue weighted by molar-refractivity contribution is -0.128. The molecule has 3 rings (SSSR count). The van der Waals surface area contributed by atoms with E-state index < -0.39 is 0 Å². The number of nitrogens with one attached hydrogen (secondary N) is 1. The number of amides is 1. The molecule has 0 saturated carbocycles. The monoisotopic (exact) mass is 297 g/mol. The predicted molar refractivity (Wildman–Crippen MR) is 83.0 cm³/mol.